The molecule has 1 amide bonds. The highest BCUT2D eigenvalue weighted by Crippen LogP contribution is 2.28. The van der Waals surface area contributed by atoms with Crippen LogP contribution in [-0.2, 0) is 27.8 Å². The Morgan fingerprint density at radius 1 is 1.00 bits per heavy atom. The number of hydrogen-bond acceptors (Lipinski definition) is 5. The van der Waals surface area contributed by atoms with Crippen molar-refractivity contribution in [3.05, 3.63) is 71.8 Å². The number of nitrogens with two attached hydrogens (primary N) is 2. The van der Waals surface area contributed by atoms with Gasteiger partial charge in [0, 0.05) is 12.1 Å². The summed E-state index contributed by atoms with van der Waals surface area (Å²) >= 11 is 0. The zero-order chi connectivity index (χ0) is 20.9. The highest BCUT2D eigenvalue weighted by molar-refractivity contribution is 7.89. The van der Waals surface area contributed by atoms with Crippen LogP contribution in [0.25, 0.3) is 10.8 Å². The molecule has 0 fully saturated rings. The Kier molecular flexibility index (Phi) is 8.19. The molecule has 3 aromatic rings. The summed E-state index contributed by atoms with van der Waals surface area (Å²) in [4.78, 5) is 11.2. The molecule has 0 aromatic heterocycles. The summed E-state index contributed by atoms with van der Waals surface area (Å²) in [6, 6.07) is 18.2. The first-order valence-corrected chi connectivity index (χ1v) is 10.6. The molecule has 0 atom stereocenters. The molecular formula is C21H24ClN3O4S. The van der Waals surface area contributed by atoms with Crippen molar-refractivity contribution < 1.29 is 17.9 Å². The topological polar surface area (TPSA) is 125 Å². The number of hydrogen-bond donors (Lipinski definition) is 3. The van der Waals surface area contributed by atoms with Crippen LogP contribution in [-0.4, -0.2) is 27.5 Å². The fourth-order valence-electron chi connectivity index (χ4n) is 3.07. The molecule has 0 aliphatic carbocycles. The van der Waals surface area contributed by atoms with Gasteiger partial charge in [0.25, 0.3) is 5.91 Å². The summed E-state index contributed by atoms with van der Waals surface area (Å²) in [5, 5.41) is 10.6. The van der Waals surface area contributed by atoms with Crippen LogP contribution in [0.1, 0.15) is 11.1 Å². The first-order chi connectivity index (χ1) is 13.8. The van der Waals surface area contributed by atoms with E-state index >= 15 is 0 Å². The minimum atomic E-state index is -3.68. The lowest BCUT2D eigenvalue weighted by atomic mass is 10.0. The number of carbonyl (C=O) groups excluding carboxylic acids is 1. The number of halogens is 1. The predicted octanol–water partition coefficient (Wildman–Crippen LogP) is 2.11. The molecule has 5 N–H and O–H groups in total. The van der Waals surface area contributed by atoms with Crippen molar-refractivity contribution in [2.24, 2.45) is 10.9 Å². The normalized spacial score (nSPS) is 11.1. The maximum Gasteiger partial charge on any atom is 0.255 e. The number of ether oxygens (including phenoxy) is 1. The van der Waals surface area contributed by atoms with Gasteiger partial charge in [-0.2, -0.15) is 0 Å². The monoisotopic (exact) mass is 449 g/mol. The van der Waals surface area contributed by atoms with E-state index in [2.05, 4.69) is 5.32 Å². The lowest BCUT2D eigenvalue weighted by molar-refractivity contribution is -0.119. The number of nitrogens with one attached hydrogen (secondary N) is 1. The van der Waals surface area contributed by atoms with E-state index in [9.17, 15) is 13.2 Å². The van der Waals surface area contributed by atoms with Crippen molar-refractivity contribution in [1.82, 2.24) is 5.32 Å². The Morgan fingerprint density at radius 2 is 1.70 bits per heavy atom. The number of amides is 1. The van der Waals surface area contributed by atoms with E-state index in [1.807, 2.05) is 36.4 Å². The number of rotatable bonds is 9. The SMILES string of the molecule is Cl.NC(=O)COc1ccc2ccccc2c1CNCCc1ccc(S(N)(=O)=O)cc1. The standard InChI is InChI=1S/C21H23N3O4S.ClH/c22-21(25)14-28-20-10-7-16-3-1-2-4-18(16)19(20)13-24-12-11-15-5-8-17(9-6-15)29(23,26)27;/h1-10,24H,11-14H2,(H2,22,25)(H2,23,26,27);1H. The van der Waals surface area contributed by atoms with E-state index in [0.29, 0.717) is 25.3 Å². The van der Waals surface area contributed by atoms with Crippen LogP contribution >= 0.6 is 12.4 Å². The summed E-state index contributed by atoms with van der Waals surface area (Å²) in [5.41, 5.74) is 7.15. The highest BCUT2D eigenvalue weighted by atomic mass is 35.5. The molecule has 7 nitrogen and oxygen atoms in total. The lowest BCUT2D eigenvalue weighted by Gasteiger charge is -2.14. The number of benzene rings is 3. The maximum atomic E-state index is 11.3. The second kappa shape index (κ2) is 10.4. The van der Waals surface area contributed by atoms with Crippen LogP contribution < -0.4 is 20.9 Å². The number of primary sulfonamides is 1. The van der Waals surface area contributed by atoms with E-state index in [4.69, 9.17) is 15.6 Å². The average Bonchev–Trinajstić information content (AvgIpc) is 2.69. The summed E-state index contributed by atoms with van der Waals surface area (Å²) < 4.78 is 28.2. The van der Waals surface area contributed by atoms with Crippen LogP contribution in [0, 0.1) is 0 Å². The Balaban J connectivity index is 0.00000320. The van der Waals surface area contributed by atoms with Gasteiger partial charge in [-0.1, -0.05) is 42.5 Å². The van der Waals surface area contributed by atoms with Crippen LogP contribution in [0.3, 0.4) is 0 Å². The van der Waals surface area contributed by atoms with E-state index in [-0.39, 0.29) is 23.9 Å². The summed E-state index contributed by atoms with van der Waals surface area (Å²) in [6.07, 6.45) is 0.715. The van der Waals surface area contributed by atoms with E-state index in [0.717, 1.165) is 21.9 Å². The molecule has 0 heterocycles. The van der Waals surface area contributed by atoms with Gasteiger partial charge < -0.3 is 15.8 Å². The molecular weight excluding hydrogens is 426 g/mol. The van der Waals surface area contributed by atoms with Crippen molar-refractivity contribution in [2.45, 2.75) is 17.9 Å². The Morgan fingerprint density at radius 3 is 2.37 bits per heavy atom. The number of carbonyl (C=O) groups is 1. The van der Waals surface area contributed by atoms with Gasteiger partial charge in [0.05, 0.1) is 4.90 Å². The number of sulfonamides is 1. The fraction of sp³-hybridized carbons (Fsp3) is 0.190. The van der Waals surface area contributed by atoms with Gasteiger partial charge in [0.1, 0.15) is 5.75 Å². The number of fused-ring (bicyclic) bond motifs is 1. The third-order valence-corrected chi connectivity index (χ3v) is 5.44. The Hall–Kier alpha value is -2.65. The minimum absolute atomic E-state index is 0. The molecule has 0 spiro atoms. The molecule has 0 aliphatic rings. The summed E-state index contributed by atoms with van der Waals surface area (Å²) in [5.74, 6) is 0.0903. The van der Waals surface area contributed by atoms with Gasteiger partial charge in [0.2, 0.25) is 10.0 Å². The zero-order valence-corrected chi connectivity index (χ0v) is 17.8. The Labute approximate surface area is 181 Å². The van der Waals surface area contributed by atoms with Crippen molar-refractivity contribution >= 4 is 39.1 Å². The summed E-state index contributed by atoms with van der Waals surface area (Å²) in [7, 11) is -3.68. The van der Waals surface area contributed by atoms with E-state index in [1.54, 1.807) is 12.1 Å². The van der Waals surface area contributed by atoms with Gasteiger partial charge in [-0.05, 0) is 47.5 Å². The van der Waals surface area contributed by atoms with Gasteiger partial charge in [-0.25, -0.2) is 13.6 Å². The molecule has 0 aliphatic heterocycles. The van der Waals surface area contributed by atoms with Gasteiger partial charge >= 0.3 is 0 Å². The van der Waals surface area contributed by atoms with Gasteiger partial charge in [-0.3, -0.25) is 4.79 Å². The lowest BCUT2D eigenvalue weighted by Crippen LogP contribution is -2.22. The van der Waals surface area contributed by atoms with E-state index in [1.165, 1.54) is 12.1 Å². The first-order valence-electron chi connectivity index (χ1n) is 9.09. The molecule has 3 aromatic carbocycles. The fourth-order valence-corrected chi connectivity index (χ4v) is 3.59. The van der Waals surface area contributed by atoms with Gasteiger partial charge in [0.15, 0.2) is 6.61 Å². The predicted molar refractivity (Wildman–Crippen MR) is 119 cm³/mol. The molecule has 0 saturated carbocycles. The van der Waals surface area contributed by atoms with Gasteiger partial charge in [-0.15, -0.1) is 12.4 Å². The first kappa shape index (κ1) is 23.6. The third kappa shape index (κ3) is 6.17. The Bertz CT molecular complexity index is 1120. The molecule has 30 heavy (non-hydrogen) atoms. The molecule has 3 rings (SSSR count). The number of primary amides is 1. The third-order valence-electron chi connectivity index (χ3n) is 4.51. The summed E-state index contributed by atoms with van der Waals surface area (Å²) in [6.45, 7) is 1.04. The minimum Gasteiger partial charge on any atom is -0.483 e. The van der Waals surface area contributed by atoms with Crippen LogP contribution in [0.15, 0.2) is 65.6 Å². The van der Waals surface area contributed by atoms with Crippen molar-refractivity contribution in [1.29, 1.82) is 0 Å². The molecule has 0 saturated heterocycles. The van der Waals surface area contributed by atoms with E-state index < -0.39 is 15.9 Å². The smallest absolute Gasteiger partial charge is 0.255 e. The van der Waals surface area contributed by atoms with Crippen LogP contribution in [0.4, 0.5) is 0 Å². The molecule has 0 bridgehead atoms. The van der Waals surface area contributed by atoms with Crippen LogP contribution in [0.5, 0.6) is 5.75 Å². The largest absolute Gasteiger partial charge is 0.483 e. The maximum absolute atomic E-state index is 11.3. The highest BCUT2D eigenvalue weighted by Gasteiger charge is 2.10. The molecule has 9 heteroatoms. The van der Waals surface area contributed by atoms with Crippen molar-refractivity contribution in [3.8, 4) is 5.75 Å². The van der Waals surface area contributed by atoms with Crippen molar-refractivity contribution in [2.75, 3.05) is 13.2 Å². The zero-order valence-electron chi connectivity index (χ0n) is 16.2. The molecule has 0 unspecified atom stereocenters. The molecule has 160 valence electrons. The molecule has 0 radical (unpaired) electrons. The average molecular weight is 450 g/mol. The second-order valence-electron chi connectivity index (χ2n) is 6.63. The van der Waals surface area contributed by atoms with Crippen molar-refractivity contribution in [3.63, 3.8) is 0 Å². The second-order valence-corrected chi connectivity index (χ2v) is 8.20. The van der Waals surface area contributed by atoms with Crippen LogP contribution in [0.2, 0.25) is 0 Å². The quantitative estimate of drug-likeness (QED) is 0.431.